The van der Waals surface area contributed by atoms with Crippen LogP contribution in [-0.2, 0) is 14.8 Å². The molecule has 0 aliphatic carbocycles. The normalized spacial score (nSPS) is 11.2. The van der Waals surface area contributed by atoms with Gasteiger partial charge >= 0.3 is 5.97 Å². The molecule has 5 nitrogen and oxygen atoms in total. The van der Waals surface area contributed by atoms with Gasteiger partial charge in [-0.25, -0.2) is 8.42 Å². The smallest absolute Gasteiger partial charge is 0.303 e. The van der Waals surface area contributed by atoms with Crippen LogP contribution in [0.15, 0.2) is 22.7 Å². The molecule has 18 heavy (non-hydrogen) atoms. The quantitative estimate of drug-likeness (QED) is 0.835. The molecule has 7 heteroatoms. The zero-order chi connectivity index (χ0) is 13.8. The third kappa shape index (κ3) is 5.05. The van der Waals surface area contributed by atoms with Gasteiger partial charge in [-0.2, -0.15) is 0 Å². The summed E-state index contributed by atoms with van der Waals surface area (Å²) in [7, 11) is -3.50. The van der Waals surface area contributed by atoms with Crippen molar-refractivity contribution in [3.05, 3.63) is 28.2 Å². The van der Waals surface area contributed by atoms with Crippen molar-refractivity contribution >= 4 is 37.6 Å². The van der Waals surface area contributed by atoms with Crippen LogP contribution in [0.1, 0.15) is 18.4 Å². The summed E-state index contributed by atoms with van der Waals surface area (Å²) in [6.07, 6.45) is -0.0594. The first-order valence-electron chi connectivity index (χ1n) is 5.28. The molecular weight excluding hydrogens is 322 g/mol. The van der Waals surface area contributed by atoms with Crippen molar-refractivity contribution in [2.24, 2.45) is 0 Å². The lowest BCUT2D eigenvalue weighted by Gasteiger charge is -2.10. The number of aryl methyl sites for hydroxylation is 1. The molecule has 0 aliphatic rings. The molecule has 0 unspecified atom stereocenters. The highest BCUT2D eigenvalue weighted by molar-refractivity contribution is 9.10. The van der Waals surface area contributed by atoms with E-state index in [0.29, 0.717) is 5.69 Å². The number of sulfonamides is 1. The Hall–Kier alpha value is -1.08. The Balaban J connectivity index is 2.70. The maximum atomic E-state index is 11.7. The van der Waals surface area contributed by atoms with E-state index in [1.807, 2.05) is 6.07 Å². The molecule has 0 fully saturated rings. The molecule has 1 rings (SSSR count). The standard InChI is InChI=1S/C11H14BrNO4S/c1-8-4-5-9(12)7-10(8)13-18(16,17)6-2-3-11(14)15/h4-5,7,13H,2-3,6H2,1H3,(H,14,15). The minimum absolute atomic E-state index is 0.0950. The largest absolute Gasteiger partial charge is 0.481 e. The average Bonchev–Trinajstić information content (AvgIpc) is 2.22. The maximum Gasteiger partial charge on any atom is 0.303 e. The van der Waals surface area contributed by atoms with E-state index in [0.717, 1.165) is 10.0 Å². The molecule has 0 aliphatic heterocycles. The van der Waals surface area contributed by atoms with E-state index in [9.17, 15) is 13.2 Å². The SMILES string of the molecule is Cc1ccc(Br)cc1NS(=O)(=O)CCCC(=O)O. The predicted molar refractivity (Wildman–Crippen MR) is 73.2 cm³/mol. The molecule has 0 heterocycles. The Morgan fingerprint density at radius 2 is 2.11 bits per heavy atom. The summed E-state index contributed by atoms with van der Waals surface area (Å²) in [6, 6.07) is 5.28. The second-order valence-corrected chi connectivity index (χ2v) is 6.64. The maximum absolute atomic E-state index is 11.7. The molecule has 100 valence electrons. The lowest BCUT2D eigenvalue weighted by atomic mass is 10.2. The highest BCUT2D eigenvalue weighted by Gasteiger charge is 2.12. The van der Waals surface area contributed by atoms with E-state index in [1.54, 1.807) is 19.1 Å². The average molecular weight is 336 g/mol. The van der Waals surface area contributed by atoms with E-state index in [4.69, 9.17) is 5.11 Å². The van der Waals surface area contributed by atoms with Gasteiger partial charge in [-0.1, -0.05) is 22.0 Å². The van der Waals surface area contributed by atoms with Crippen LogP contribution in [0.25, 0.3) is 0 Å². The summed E-state index contributed by atoms with van der Waals surface area (Å²) in [4.78, 5) is 10.3. The number of hydrogen-bond acceptors (Lipinski definition) is 3. The van der Waals surface area contributed by atoms with Gasteiger partial charge in [0, 0.05) is 10.9 Å². The van der Waals surface area contributed by atoms with Gasteiger partial charge in [-0.15, -0.1) is 0 Å². The van der Waals surface area contributed by atoms with Crippen LogP contribution in [0, 0.1) is 6.92 Å². The van der Waals surface area contributed by atoms with Crippen molar-refractivity contribution in [2.75, 3.05) is 10.5 Å². The molecule has 1 aromatic carbocycles. The molecule has 2 N–H and O–H groups in total. The third-order valence-corrected chi connectivity index (χ3v) is 4.12. The molecule has 0 amide bonds. The predicted octanol–water partition coefficient (Wildman–Crippen LogP) is 2.36. The molecule has 1 aromatic rings. The fraction of sp³-hybridized carbons (Fsp3) is 0.364. The first-order valence-corrected chi connectivity index (χ1v) is 7.73. The first kappa shape index (κ1) is 15.0. The van der Waals surface area contributed by atoms with Gasteiger partial charge in [0.1, 0.15) is 0 Å². The van der Waals surface area contributed by atoms with E-state index in [2.05, 4.69) is 20.7 Å². The molecule has 0 radical (unpaired) electrons. The Morgan fingerprint density at radius 3 is 2.72 bits per heavy atom. The van der Waals surface area contributed by atoms with Crippen LogP contribution in [-0.4, -0.2) is 25.2 Å². The van der Waals surface area contributed by atoms with Crippen LogP contribution in [0.2, 0.25) is 0 Å². The number of hydrogen-bond donors (Lipinski definition) is 2. The van der Waals surface area contributed by atoms with Crippen molar-refractivity contribution in [2.45, 2.75) is 19.8 Å². The number of aliphatic carboxylic acids is 1. The van der Waals surface area contributed by atoms with Crippen molar-refractivity contribution in [1.82, 2.24) is 0 Å². The molecular formula is C11H14BrNO4S. The first-order chi connectivity index (χ1) is 8.30. The van der Waals surface area contributed by atoms with Crippen molar-refractivity contribution in [3.8, 4) is 0 Å². The van der Waals surface area contributed by atoms with Crippen LogP contribution >= 0.6 is 15.9 Å². The minimum Gasteiger partial charge on any atom is -0.481 e. The lowest BCUT2D eigenvalue weighted by molar-refractivity contribution is -0.137. The van der Waals surface area contributed by atoms with Gasteiger partial charge in [0.25, 0.3) is 0 Å². The Morgan fingerprint density at radius 1 is 1.44 bits per heavy atom. The van der Waals surface area contributed by atoms with Crippen molar-refractivity contribution in [1.29, 1.82) is 0 Å². The fourth-order valence-electron chi connectivity index (χ4n) is 1.34. The number of rotatable bonds is 6. The summed E-state index contributed by atoms with van der Waals surface area (Å²) in [6.45, 7) is 1.79. The molecule has 0 spiro atoms. The van der Waals surface area contributed by atoms with Gasteiger partial charge in [-0.3, -0.25) is 9.52 Å². The third-order valence-electron chi connectivity index (χ3n) is 2.27. The van der Waals surface area contributed by atoms with E-state index < -0.39 is 16.0 Å². The van der Waals surface area contributed by atoms with Crippen LogP contribution in [0.3, 0.4) is 0 Å². The molecule has 0 atom stereocenters. The molecule has 0 saturated heterocycles. The van der Waals surface area contributed by atoms with Gasteiger partial charge in [-0.05, 0) is 31.0 Å². The summed E-state index contributed by atoms with van der Waals surface area (Å²) >= 11 is 3.26. The van der Waals surface area contributed by atoms with Gasteiger partial charge < -0.3 is 5.11 Å². The zero-order valence-corrected chi connectivity index (χ0v) is 12.2. The Bertz CT molecular complexity index is 542. The van der Waals surface area contributed by atoms with E-state index in [1.165, 1.54) is 0 Å². The number of benzene rings is 1. The van der Waals surface area contributed by atoms with Crippen molar-refractivity contribution in [3.63, 3.8) is 0 Å². The summed E-state index contributed by atoms with van der Waals surface area (Å²) in [5, 5.41) is 8.46. The van der Waals surface area contributed by atoms with Gasteiger partial charge in [0.2, 0.25) is 10.0 Å². The fourth-order valence-corrected chi connectivity index (χ4v) is 2.88. The van der Waals surface area contributed by atoms with Crippen LogP contribution in [0.5, 0.6) is 0 Å². The van der Waals surface area contributed by atoms with E-state index in [-0.39, 0.29) is 18.6 Å². The van der Waals surface area contributed by atoms with Crippen molar-refractivity contribution < 1.29 is 18.3 Å². The zero-order valence-electron chi connectivity index (χ0n) is 9.81. The van der Waals surface area contributed by atoms with Crippen LogP contribution in [0.4, 0.5) is 5.69 Å². The Labute approximate surface area is 114 Å². The number of anilines is 1. The monoisotopic (exact) mass is 335 g/mol. The number of halogens is 1. The number of carboxylic acids is 1. The highest BCUT2D eigenvalue weighted by Crippen LogP contribution is 2.21. The van der Waals surface area contributed by atoms with Gasteiger partial charge in [0.15, 0.2) is 0 Å². The van der Waals surface area contributed by atoms with E-state index >= 15 is 0 Å². The number of nitrogens with one attached hydrogen (secondary N) is 1. The highest BCUT2D eigenvalue weighted by atomic mass is 79.9. The lowest BCUT2D eigenvalue weighted by Crippen LogP contribution is -2.18. The van der Waals surface area contributed by atoms with Gasteiger partial charge in [0.05, 0.1) is 11.4 Å². The molecule has 0 bridgehead atoms. The summed E-state index contributed by atoms with van der Waals surface area (Å²) < 4.78 is 26.7. The second-order valence-electron chi connectivity index (χ2n) is 3.88. The summed E-state index contributed by atoms with van der Waals surface area (Å²) in [5.41, 5.74) is 1.31. The minimum atomic E-state index is -3.50. The summed E-state index contributed by atoms with van der Waals surface area (Å²) in [5.74, 6) is -1.20. The topological polar surface area (TPSA) is 83.5 Å². The second kappa shape index (κ2) is 6.19. The Kier molecular flexibility index (Phi) is 5.15. The molecule has 0 aromatic heterocycles. The molecule has 0 saturated carbocycles. The number of carbonyl (C=O) groups is 1. The number of carboxylic acid groups (broad SMARTS) is 1. The van der Waals surface area contributed by atoms with Crippen LogP contribution < -0.4 is 4.72 Å².